The van der Waals surface area contributed by atoms with Crippen LogP contribution in [0, 0.1) is 5.82 Å². The van der Waals surface area contributed by atoms with Crippen LogP contribution < -0.4 is 15.4 Å². The van der Waals surface area contributed by atoms with Gasteiger partial charge in [-0.25, -0.2) is 9.38 Å². The Labute approximate surface area is 119 Å². The second-order valence-corrected chi connectivity index (χ2v) is 4.27. The highest BCUT2D eigenvalue weighted by molar-refractivity contribution is 5.79. The first kappa shape index (κ1) is 16.0. The quantitative estimate of drug-likeness (QED) is 0.457. The molecular formula is C15H22FN3O. The third-order valence-corrected chi connectivity index (χ3v) is 2.42. The molecule has 0 saturated heterocycles. The molecule has 0 aliphatic rings. The lowest BCUT2D eigenvalue weighted by Crippen LogP contribution is -2.38. The van der Waals surface area contributed by atoms with Gasteiger partial charge in [0.05, 0.1) is 6.54 Å². The maximum atomic E-state index is 12.8. The summed E-state index contributed by atoms with van der Waals surface area (Å²) in [6.07, 6.45) is 1.67. The fraction of sp³-hybridized carbons (Fsp3) is 0.400. The summed E-state index contributed by atoms with van der Waals surface area (Å²) in [6, 6.07) is 5.97. The third-order valence-electron chi connectivity index (χ3n) is 2.42. The molecule has 0 spiro atoms. The van der Waals surface area contributed by atoms with Crippen LogP contribution in [0.5, 0.6) is 5.75 Å². The van der Waals surface area contributed by atoms with Gasteiger partial charge in [0.15, 0.2) is 5.96 Å². The van der Waals surface area contributed by atoms with E-state index >= 15 is 0 Å². The fourth-order valence-electron chi connectivity index (χ4n) is 1.51. The topological polar surface area (TPSA) is 45.7 Å². The fourth-order valence-corrected chi connectivity index (χ4v) is 1.51. The minimum absolute atomic E-state index is 0.0975. The van der Waals surface area contributed by atoms with Gasteiger partial charge in [0, 0.05) is 13.1 Å². The number of hydrogen-bond donors (Lipinski definition) is 2. The number of benzene rings is 1. The molecule has 0 aromatic heterocycles. The molecular weight excluding hydrogens is 257 g/mol. The molecule has 2 N–H and O–H groups in total. The van der Waals surface area contributed by atoms with E-state index in [9.17, 15) is 4.39 Å². The largest absolute Gasteiger partial charge is 0.489 e. The molecule has 0 bridgehead atoms. The van der Waals surface area contributed by atoms with Gasteiger partial charge in [-0.05, 0) is 38.1 Å². The zero-order chi connectivity index (χ0) is 14.8. The Kier molecular flexibility index (Phi) is 7.17. The van der Waals surface area contributed by atoms with Crippen molar-refractivity contribution in [2.45, 2.75) is 20.0 Å². The van der Waals surface area contributed by atoms with Crippen molar-refractivity contribution in [3.63, 3.8) is 0 Å². The lowest BCUT2D eigenvalue weighted by Gasteiger charge is -2.14. The Bertz CT molecular complexity index is 431. The predicted octanol–water partition coefficient (Wildman–Crippen LogP) is 2.33. The molecule has 5 heteroatoms. The maximum absolute atomic E-state index is 12.8. The Morgan fingerprint density at radius 3 is 2.70 bits per heavy atom. The molecule has 0 amide bonds. The molecule has 1 aromatic rings. The molecule has 0 aliphatic carbocycles. The number of hydrogen-bond acceptors (Lipinski definition) is 2. The minimum atomic E-state index is -0.272. The van der Waals surface area contributed by atoms with E-state index in [1.165, 1.54) is 12.1 Å². The molecule has 0 aliphatic heterocycles. The predicted molar refractivity (Wildman–Crippen MR) is 80.7 cm³/mol. The van der Waals surface area contributed by atoms with Crippen LogP contribution in [0.1, 0.15) is 13.8 Å². The molecule has 1 rings (SSSR count). The first-order chi connectivity index (χ1) is 9.65. The second-order valence-electron chi connectivity index (χ2n) is 4.27. The van der Waals surface area contributed by atoms with Gasteiger partial charge >= 0.3 is 0 Å². The summed E-state index contributed by atoms with van der Waals surface area (Å²) in [5.41, 5.74) is 0. The molecule has 4 nitrogen and oxygen atoms in total. The van der Waals surface area contributed by atoms with E-state index < -0.39 is 0 Å². The van der Waals surface area contributed by atoms with Crippen molar-refractivity contribution in [1.29, 1.82) is 0 Å². The second kappa shape index (κ2) is 8.96. The van der Waals surface area contributed by atoms with Crippen molar-refractivity contribution in [3.05, 3.63) is 42.7 Å². The number of nitrogens with one attached hydrogen (secondary N) is 2. The average Bonchev–Trinajstić information content (AvgIpc) is 2.44. The number of halogens is 1. The van der Waals surface area contributed by atoms with Gasteiger partial charge in [-0.2, -0.15) is 0 Å². The number of aliphatic imine (C=N–C) groups is 1. The first-order valence-corrected chi connectivity index (χ1v) is 6.71. The van der Waals surface area contributed by atoms with Crippen molar-refractivity contribution >= 4 is 5.96 Å². The van der Waals surface area contributed by atoms with Gasteiger partial charge in [-0.15, -0.1) is 6.58 Å². The van der Waals surface area contributed by atoms with Gasteiger partial charge in [0.2, 0.25) is 0 Å². The molecule has 0 radical (unpaired) electrons. The normalized spacial score (nSPS) is 12.7. The van der Waals surface area contributed by atoms with Crippen LogP contribution in [-0.2, 0) is 0 Å². The Hall–Kier alpha value is -2.04. The summed E-state index contributed by atoms with van der Waals surface area (Å²) < 4.78 is 18.4. The van der Waals surface area contributed by atoms with E-state index in [0.717, 1.165) is 12.5 Å². The van der Waals surface area contributed by atoms with Crippen molar-refractivity contribution in [2.24, 2.45) is 4.99 Å². The summed E-state index contributed by atoms with van der Waals surface area (Å²) in [4.78, 5) is 4.41. The van der Waals surface area contributed by atoms with Crippen LogP contribution in [0.25, 0.3) is 0 Å². The molecule has 1 aromatic carbocycles. The number of ether oxygens (including phenoxy) is 1. The summed E-state index contributed by atoms with van der Waals surface area (Å²) in [5.74, 6) is 1.09. The van der Waals surface area contributed by atoms with Crippen LogP contribution in [0.15, 0.2) is 41.9 Å². The Balaban J connectivity index is 2.48. The lowest BCUT2D eigenvalue weighted by molar-refractivity contribution is 0.230. The number of rotatable bonds is 7. The standard InChI is InChI=1S/C15H22FN3O/c1-4-10-18-15(17-5-2)19-11-12(3)20-14-8-6-13(16)7-9-14/h4,6-9,12H,1,5,10-11H2,2-3H3,(H2,17,18,19). The summed E-state index contributed by atoms with van der Waals surface area (Å²) in [5, 5.41) is 6.24. The van der Waals surface area contributed by atoms with Gasteiger partial charge in [0.25, 0.3) is 0 Å². The van der Waals surface area contributed by atoms with Crippen LogP contribution in [0.2, 0.25) is 0 Å². The molecule has 110 valence electrons. The molecule has 0 fully saturated rings. The van der Waals surface area contributed by atoms with Crippen molar-refractivity contribution in [1.82, 2.24) is 10.6 Å². The smallest absolute Gasteiger partial charge is 0.191 e. The third kappa shape index (κ3) is 6.22. The minimum Gasteiger partial charge on any atom is -0.489 e. The summed E-state index contributed by atoms with van der Waals surface area (Å²) in [6.45, 7) is 9.52. The van der Waals surface area contributed by atoms with E-state index in [4.69, 9.17) is 4.74 Å². The molecule has 1 atom stereocenters. The zero-order valence-corrected chi connectivity index (χ0v) is 12.0. The van der Waals surface area contributed by atoms with Crippen LogP contribution in [-0.4, -0.2) is 31.7 Å². The van der Waals surface area contributed by atoms with Crippen molar-refractivity contribution in [2.75, 3.05) is 19.6 Å². The van der Waals surface area contributed by atoms with E-state index in [1.807, 2.05) is 13.8 Å². The highest BCUT2D eigenvalue weighted by Crippen LogP contribution is 2.12. The highest BCUT2D eigenvalue weighted by atomic mass is 19.1. The van der Waals surface area contributed by atoms with E-state index in [1.54, 1.807) is 18.2 Å². The van der Waals surface area contributed by atoms with E-state index in [-0.39, 0.29) is 11.9 Å². The number of nitrogens with zero attached hydrogens (tertiary/aromatic N) is 1. The van der Waals surface area contributed by atoms with Crippen LogP contribution >= 0.6 is 0 Å². The molecule has 20 heavy (non-hydrogen) atoms. The molecule has 1 unspecified atom stereocenters. The summed E-state index contributed by atoms with van der Waals surface area (Å²) >= 11 is 0. The summed E-state index contributed by atoms with van der Waals surface area (Å²) in [7, 11) is 0. The van der Waals surface area contributed by atoms with Crippen LogP contribution in [0.4, 0.5) is 4.39 Å². The first-order valence-electron chi connectivity index (χ1n) is 6.71. The lowest BCUT2D eigenvalue weighted by atomic mass is 10.3. The Morgan fingerprint density at radius 1 is 1.40 bits per heavy atom. The van der Waals surface area contributed by atoms with Crippen molar-refractivity contribution < 1.29 is 9.13 Å². The Morgan fingerprint density at radius 2 is 2.10 bits per heavy atom. The van der Waals surface area contributed by atoms with Crippen molar-refractivity contribution in [3.8, 4) is 5.75 Å². The average molecular weight is 279 g/mol. The van der Waals surface area contributed by atoms with Gasteiger partial charge in [0.1, 0.15) is 17.7 Å². The monoisotopic (exact) mass is 279 g/mol. The van der Waals surface area contributed by atoms with E-state index in [0.29, 0.717) is 18.8 Å². The van der Waals surface area contributed by atoms with E-state index in [2.05, 4.69) is 22.2 Å². The SMILES string of the molecule is C=CCNC(=NCC(C)Oc1ccc(F)cc1)NCC. The maximum Gasteiger partial charge on any atom is 0.191 e. The van der Waals surface area contributed by atoms with Gasteiger partial charge in [-0.1, -0.05) is 6.08 Å². The molecule has 0 saturated carbocycles. The zero-order valence-electron chi connectivity index (χ0n) is 12.0. The molecule has 0 heterocycles. The highest BCUT2D eigenvalue weighted by Gasteiger charge is 2.04. The van der Waals surface area contributed by atoms with Gasteiger partial charge < -0.3 is 15.4 Å². The number of guanidine groups is 1. The van der Waals surface area contributed by atoms with Gasteiger partial charge in [-0.3, -0.25) is 0 Å². The van der Waals surface area contributed by atoms with Crippen LogP contribution in [0.3, 0.4) is 0 Å².